The highest BCUT2D eigenvalue weighted by Crippen LogP contribution is 2.33. The van der Waals surface area contributed by atoms with Crippen LogP contribution < -0.4 is 25.1 Å². The second-order valence-corrected chi connectivity index (χ2v) is 8.84. The van der Waals surface area contributed by atoms with Crippen LogP contribution >= 0.6 is 11.3 Å². The number of benzene rings is 2. The molecule has 2 heterocycles. The molecule has 0 aliphatic rings. The van der Waals surface area contributed by atoms with E-state index in [0.717, 1.165) is 27.6 Å². The lowest BCUT2D eigenvalue weighted by molar-refractivity contribution is -0.121. The molecule has 2 aromatic carbocycles. The minimum absolute atomic E-state index is 0.169. The van der Waals surface area contributed by atoms with Gasteiger partial charge in [-0.3, -0.25) is 9.59 Å². The van der Waals surface area contributed by atoms with Crippen molar-refractivity contribution in [3.63, 3.8) is 0 Å². The monoisotopic (exact) mass is 520 g/mol. The fraction of sp³-hybridized carbons (Fsp3) is 0.259. The molecule has 0 aliphatic heterocycles. The Hall–Kier alpha value is -4.18. The first-order chi connectivity index (χ1) is 18.0. The smallest absolute Gasteiger partial charge is 0.267 e. The molecular weight excluding hydrogens is 492 g/mol. The van der Waals surface area contributed by atoms with Gasteiger partial charge in [-0.15, -0.1) is 11.3 Å². The molecule has 0 fully saturated rings. The number of ether oxygens (including phenoxy) is 3. The molecule has 0 spiro atoms. The summed E-state index contributed by atoms with van der Waals surface area (Å²) in [6.45, 7) is 2.72. The summed E-state index contributed by atoms with van der Waals surface area (Å²) in [5.74, 6) is 1.76. The number of nitrogens with one attached hydrogen (secondary N) is 1. The first-order valence-electron chi connectivity index (χ1n) is 11.8. The number of hydrogen-bond acceptors (Lipinski definition) is 8. The maximum Gasteiger partial charge on any atom is 0.267 e. The van der Waals surface area contributed by atoms with Crippen molar-refractivity contribution in [2.45, 2.75) is 19.9 Å². The molecule has 0 saturated heterocycles. The third kappa shape index (κ3) is 6.53. The molecule has 1 N–H and O–H groups in total. The highest BCUT2D eigenvalue weighted by atomic mass is 32.1. The van der Waals surface area contributed by atoms with Gasteiger partial charge in [0, 0.05) is 35.5 Å². The molecule has 0 bridgehead atoms. The van der Waals surface area contributed by atoms with Gasteiger partial charge in [0.15, 0.2) is 11.5 Å². The lowest BCUT2D eigenvalue weighted by atomic mass is 10.1. The van der Waals surface area contributed by atoms with Gasteiger partial charge >= 0.3 is 0 Å². The number of carbonyl (C=O) groups is 1. The van der Waals surface area contributed by atoms with Gasteiger partial charge in [0.1, 0.15) is 17.3 Å². The van der Waals surface area contributed by atoms with Crippen LogP contribution in [-0.2, 0) is 17.8 Å². The summed E-state index contributed by atoms with van der Waals surface area (Å²) < 4.78 is 17.3. The fourth-order valence-electron chi connectivity index (χ4n) is 3.65. The second-order valence-electron chi connectivity index (χ2n) is 7.99. The Labute approximate surface area is 218 Å². The van der Waals surface area contributed by atoms with Crippen molar-refractivity contribution in [3.8, 4) is 39.1 Å². The maximum absolute atomic E-state index is 12.5. The molecule has 9 nitrogen and oxygen atoms in total. The molecule has 37 heavy (non-hydrogen) atoms. The first-order valence-corrected chi connectivity index (χ1v) is 12.6. The molecule has 2 aromatic heterocycles. The predicted molar refractivity (Wildman–Crippen MR) is 142 cm³/mol. The van der Waals surface area contributed by atoms with E-state index in [2.05, 4.69) is 15.4 Å². The van der Waals surface area contributed by atoms with Crippen LogP contribution in [0, 0.1) is 0 Å². The summed E-state index contributed by atoms with van der Waals surface area (Å²) in [6, 6.07) is 16.1. The number of rotatable bonds is 11. The van der Waals surface area contributed by atoms with Gasteiger partial charge < -0.3 is 19.5 Å². The molecule has 0 unspecified atom stereocenters. The van der Waals surface area contributed by atoms with Crippen molar-refractivity contribution in [1.29, 1.82) is 0 Å². The van der Waals surface area contributed by atoms with Crippen LogP contribution in [0.1, 0.15) is 12.6 Å². The van der Waals surface area contributed by atoms with Crippen molar-refractivity contribution in [2.24, 2.45) is 0 Å². The van der Waals surface area contributed by atoms with Gasteiger partial charge in [0.25, 0.3) is 5.56 Å². The Kier molecular flexibility index (Phi) is 8.52. The molecule has 4 aromatic rings. The quantitative estimate of drug-likeness (QED) is 0.321. The summed E-state index contributed by atoms with van der Waals surface area (Å²) in [7, 11) is 3.19. The van der Waals surface area contributed by atoms with Crippen molar-refractivity contribution < 1.29 is 19.0 Å². The Morgan fingerprint density at radius 1 is 1.00 bits per heavy atom. The zero-order chi connectivity index (χ0) is 26.2. The number of nitrogens with zero attached hydrogens (tertiary/aromatic N) is 3. The number of methoxy groups -OCH3 is 2. The van der Waals surface area contributed by atoms with Crippen molar-refractivity contribution in [3.05, 3.63) is 76.0 Å². The average molecular weight is 521 g/mol. The summed E-state index contributed by atoms with van der Waals surface area (Å²) in [6.07, 6.45) is 0.560. The van der Waals surface area contributed by atoms with E-state index in [4.69, 9.17) is 14.2 Å². The SMILES string of the molecule is CCOc1ccc(-c2ccc(=O)n(CC(=O)NCCc3csc(-c4ccc(OC)c(OC)c4)n3)n2)cc1. The van der Waals surface area contributed by atoms with Crippen LogP contribution in [-0.4, -0.2) is 48.0 Å². The second kappa shape index (κ2) is 12.2. The maximum atomic E-state index is 12.5. The van der Waals surface area contributed by atoms with Gasteiger partial charge in [-0.05, 0) is 55.5 Å². The minimum atomic E-state index is -0.344. The van der Waals surface area contributed by atoms with Gasteiger partial charge in [-0.25, -0.2) is 9.67 Å². The molecule has 1 amide bonds. The van der Waals surface area contributed by atoms with Crippen LogP contribution in [0.4, 0.5) is 0 Å². The summed E-state index contributed by atoms with van der Waals surface area (Å²) in [5, 5.41) is 10.0. The van der Waals surface area contributed by atoms with Crippen molar-refractivity contribution in [1.82, 2.24) is 20.1 Å². The van der Waals surface area contributed by atoms with E-state index in [1.165, 1.54) is 22.1 Å². The molecule has 0 radical (unpaired) electrons. The van der Waals surface area contributed by atoms with E-state index < -0.39 is 0 Å². The van der Waals surface area contributed by atoms with Crippen LogP contribution in [0.3, 0.4) is 0 Å². The molecule has 4 rings (SSSR count). The molecule has 0 aliphatic carbocycles. The summed E-state index contributed by atoms with van der Waals surface area (Å²) in [5.41, 5.74) is 2.87. The lowest BCUT2D eigenvalue weighted by Crippen LogP contribution is -2.34. The van der Waals surface area contributed by atoms with E-state index in [0.29, 0.717) is 36.8 Å². The highest BCUT2D eigenvalue weighted by molar-refractivity contribution is 7.13. The van der Waals surface area contributed by atoms with Gasteiger partial charge in [-0.2, -0.15) is 5.10 Å². The average Bonchev–Trinajstić information content (AvgIpc) is 3.39. The van der Waals surface area contributed by atoms with Gasteiger partial charge in [-0.1, -0.05) is 0 Å². The zero-order valence-electron chi connectivity index (χ0n) is 20.9. The van der Waals surface area contributed by atoms with Gasteiger partial charge in [0.2, 0.25) is 5.91 Å². The van der Waals surface area contributed by atoms with E-state index in [-0.39, 0.29) is 18.0 Å². The summed E-state index contributed by atoms with van der Waals surface area (Å²) in [4.78, 5) is 29.4. The van der Waals surface area contributed by atoms with Crippen LogP contribution in [0.2, 0.25) is 0 Å². The summed E-state index contributed by atoms with van der Waals surface area (Å²) >= 11 is 1.52. The lowest BCUT2D eigenvalue weighted by Gasteiger charge is -2.09. The highest BCUT2D eigenvalue weighted by Gasteiger charge is 2.11. The predicted octanol–water partition coefficient (Wildman–Crippen LogP) is 3.81. The normalized spacial score (nSPS) is 10.7. The minimum Gasteiger partial charge on any atom is -0.494 e. The standard InChI is InChI=1S/C27H28N4O5S/c1-4-36-21-8-5-18(6-9-21)22-10-12-26(33)31(30-22)16-25(32)28-14-13-20-17-37-27(29-20)19-7-11-23(34-2)24(15-19)35-3/h5-12,15,17H,4,13-14,16H2,1-3H3,(H,28,32). The van der Waals surface area contributed by atoms with Crippen LogP contribution in [0.15, 0.2) is 64.8 Å². The molecule has 0 saturated carbocycles. The van der Waals surface area contributed by atoms with Crippen LogP contribution in [0.25, 0.3) is 21.8 Å². The van der Waals surface area contributed by atoms with E-state index in [1.54, 1.807) is 20.3 Å². The number of aromatic nitrogens is 3. The van der Waals surface area contributed by atoms with Crippen molar-refractivity contribution >= 4 is 17.2 Å². The first kappa shape index (κ1) is 25.9. The number of amides is 1. The Morgan fingerprint density at radius 3 is 2.49 bits per heavy atom. The van der Waals surface area contributed by atoms with Gasteiger partial charge in [0.05, 0.1) is 32.2 Å². The Balaban J connectivity index is 1.33. The number of thiazole rings is 1. The molecular formula is C27H28N4O5S. The number of carbonyl (C=O) groups excluding carboxylic acids is 1. The fourth-order valence-corrected chi connectivity index (χ4v) is 4.50. The molecule has 0 atom stereocenters. The molecule has 10 heteroatoms. The largest absolute Gasteiger partial charge is 0.494 e. The Morgan fingerprint density at radius 2 is 1.76 bits per heavy atom. The van der Waals surface area contributed by atoms with E-state index in [1.807, 2.05) is 54.8 Å². The van der Waals surface area contributed by atoms with E-state index in [9.17, 15) is 9.59 Å². The third-order valence-electron chi connectivity index (χ3n) is 5.51. The topological polar surface area (TPSA) is 105 Å². The third-order valence-corrected chi connectivity index (χ3v) is 6.45. The molecule has 192 valence electrons. The zero-order valence-corrected chi connectivity index (χ0v) is 21.7. The Bertz CT molecular complexity index is 1420. The van der Waals surface area contributed by atoms with Crippen molar-refractivity contribution in [2.75, 3.05) is 27.4 Å². The number of hydrogen-bond donors (Lipinski definition) is 1. The van der Waals surface area contributed by atoms with E-state index >= 15 is 0 Å². The van der Waals surface area contributed by atoms with Crippen LogP contribution in [0.5, 0.6) is 17.2 Å².